The number of carbonyl (C=O) groups excluding carboxylic acids is 1. The van der Waals surface area contributed by atoms with Crippen molar-refractivity contribution in [3.05, 3.63) is 0 Å². The van der Waals surface area contributed by atoms with Gasteiger partial charge in [0, 0.05) is 6.04 Å². The van der Waals surface area contributed by atoms with Crippen LogP contribution in [-0.2, 0) is 9.53 Å². The average Bonchev–Trinajstić information content (AvgIpc) is 2.28. The van der Waals surface area contributed by atoms with Crippen LogP contribution in [0.3, 0.4) is 0 Å². The second-order valence-electron chi connectivity index (χ2n) is 4.68. The fraction of sp³-hybridized carbons (Fsp3) is 0.909. The molecule has 0 bridgehead atoms. The maximum Gasteiger partial charge on any atom is 0.327 e. The lowest BCUT2D eigenvalue weighted by Gasteiger charge is -2.48. The zero-order chi connectivity index (χ0) is 10.9. The lowest BCUT2D eigenvalue weighted by atomic mass is 9.77. The summed E-state index contributed by atoms with van der Waals surface area (Å²) in [5.41, 5.74) is 5.50. The Morgan fingerprint density at radius 2 is 2.13 bits per heavy atom. The molecule has 0 saturated carbocycles. The van der Waals surface area contributed by atoms with Crippen LogP contribution < -0.4 is 5.73 Å². The number of methoxy groups -OCH3 is 1. The summed E-state index contributed by atoms with van der Waals surface area (Å²) in [6.45, 7) is 2.17. The van der Waals surface area contributed by atoms with Gasteiger partial charge in [0.15, 0.2) is 0 Å². The van der Waals surface area contributed by atoms with E-state index in [-0.39, 0.29) is 12.0 Å². The Balaban J connectivity index is 2.18. The summed E-state index contributed by atoms with van der Waals surface area (Å²) >= 11 is 0. The Morgan fingerprint density at radius 1 is 1.40 bits per heavy atom. The van der Waals surface area contributed by atoms with E-state index in [4.69, 9.17) is 10.5 Å². The molecule has 2 N–H and O–H groups in total. The molecule has 4 nitrogen and oxygen atoms in total. The van der Waals surface area contributed by atoms with Gasteiger partial charge in [-0.15, -0.1) is 0 Å². The smallest absolute Gasteiger partial charge is 0.327 e. The van der Waals surface area contributed by atoms with Crippen molar-refractivity contribution < 1.29 is 9.53 Å². The molecule has 2 aliphatic rings. The van der Waals surface area contributed by atoms with E-state index in [1.54, 1.807) is 0 Å². The average molecular weight is 212 g/mol. The van der Waals surface area contributed by atoms with Crippen LogP contribution in [0.4, 0.5) is 0 Å². The highest BCUT2D eigenvalue weighted by atomic mass is 16.5. The van der Waals surface area contributed by atoms with Crippen molar-refractivity contribution >= 4 is 5.97 Å². The van der Waals surface area contributed by atoms with E-state index >= 15 is 0 Å². The molecule has 0 spiro atoms. The number of hydrogen-bond donors (Lipinski definition) is 1. The van der Waals surface area contributed by atoms with Gasteiger partial charge in [-0.3, -0.25) is 9.69 Å². The van der Waals surface area contributed by atoms with Crippen molar-refractivity contribution in [3.8, 4) is 0 Å². The molecule has 2 unspecified atom stereocenters. The molecule has 0 aliphatic carbocycles. The van der Waals surface area contributed by atoms with E-state index in [0.29, 0.717) is 0 Å². The molecule has 2 heterocycles. The van der Waals surface area contributed by atoms with Gasteiger partial charge >= 0.3 is 5.97 Å². The third kappa shape index (κ3) is 1.76. The molecule has 86 valence electrons. The molecule has 0 amide bonds. The Bertz CT molecular complexity index is 255. The predicted molar refractivity (Wildman–Crippen MR) is 57.4 cm³/mol. The van der Waals surface area contributed by atoms with E-state index in [2.05, 4.69) is 4.90 Å². The monoisotopic (exact) mass is 212 g/mol. The van der Waals surface area contributed by atoms with Crippen molar-refractivity contribution in [2.24, 2.45) is 5.73 Å². The Labute approximate surface area is 90.8 Å². The lowest BCUT2D eigenvalue weighted by Crippen LogP contribution is -2.67. The maximum absolute atomic E-state index is 11.8. The number of carbonyl (C=O) groups is 1. The molecule has 0 aromatic carbocycles. The maximum atomic E-state index is 11.8. The van der Waals surface area contributed by atoms with E-state index in [9.17, 15) is 4.79 Å². The van der Waals surface area contributed by atoms with Gasteiger partial charge in [-0.1, -0.05) is 6.42 Å². The molecule has 0 aromatic rings. The largest absolute Gasteiger partial charge is 0.468 e. The third-order valence-corrected chi connectivity index (χ3v) is 3.81. The Kier molecular flexibility index (Phi) is 2.98. The van der Waals surface area contributed by atoms with Crippen molar-refractivity contribution in [1.29, 1.82) is 0 Å². The van der Waals surface area contributed by atoms with E-state index in [0.717, 1.165) is 32.4 Å². The third-order valence-electron chi connectivity index (χ3n) is 3.81. The molecular formula is C11H20N2O2. The Hall–Kier alpha value is -0.610. The highest BCUT2D eigenvalue weighted by Gasteiger charge is 2.48. The summed E-state index contributed by atoms with van der Waals surface area (Å²) in [4.78, 5) is 14.1. The number of fused-ring (bicyclic) bond motifs is 1. The SMILES string of the molecule is COC(=O)C1(N)CCCN2CCCCC21. The molecule has 15 heavy (non-hydrogen) atoms. The molecule has 2 fully saturated rings. The van der Waals surface area contributed by atoms with Crippen LogP contribution in [0, 0.1) is 0 Å². The minimum absolute atomic E-state index is 0.201. The van der Waals surface area contributed by atoms with E-state index in [1.807, 2.05) is 0 Å². The van der Waals surface area contributed by atoms with E-state index < -0.39 is 5.54 Å². The quantitative estimate of drug-likeness (QED) is 0.643. The first-order valence-electron chi connectivity index (χ1n) is 5.80. The molecule has 0 aromatic heterocycles. The van der Waals surface area contributed by atoms with Crippen LogP contribution >= 0.6 is 0 Å². The number of ether oxygens (including phenoxy) is 1. The minimum atomic E-state index is -0.757. The van der Waals surface area contributed by atoms with Gasteiger partial charge in [0.05, 0.1) is 7.11 Å². The van der Waals surface area contributed by atoms with Crippen LogP contribution in [0.1, 0.15) is 32.1 Å². The van der Waals surface area contributed by atoms with Gasteiger partial charge in [0.25, 0.3) is 0 Å². The lowest BCUT2D eigenvalue weighted by molar-refractivity contribution is -0.153. The molecule has 4 heteroatoms. The number of piperidine rings is 2. The van der Waals surface area contributed by atoms with Crippen molar-refractivity contribution in [2.45, 2.75) is 43.7 Å². The van der Waals surface area contributed by atoms with Crippen LogP contribution in [0.2, 0.25) is 0 Å². The second-order valence-corrected chi connectivity index (χ2v) is 4.68. The summed E-state index contributed by atoms with van der Waals surface area (Å²) in [7, 11) is 1.43. The van der Waals surface area contributed by atoms with Crippen molar-refractivity contribution in [3.63, 3.8) is 0 Å². The highest BCUT2D eigenvalue weighted by molar-refractivity contribution is 5.81. The number of nitrogens with two attached hydrogens (primary N) is 1. The molecule has 2 rings (SSSR count). The first-order chi connectivity index (χ1) is 7.18. The number of hydrogen-bond acceptors (Lipinski definition) is 4. The first-order valence-corrected chi connectivity index (χ1v) is 5.80. The summed E-state index contributed by atoms with van der Waals surface area (Å²) in [5, 5.41) is 0. The van der Waals surface area contributed by atoms with Crippen LogP contribution in [0.25, 0.3) is 0 Å². The van der Waals surface area contributed by atoms with E-state index in [1.165, 1.54) is 20.0 Å². The highest BCUT2D eigenvalue weighted by Crippen LogP contribution is 2.33. The van der Waals surface area contributed by atoms with Crippen molar-refractivity contribution in [2.75, 3.05) is 20.2 Å². The summed E-state index contributed by atoms with van der Waals surface area (Å²) in [6, 6.07) is 0.201. The van der Waals surface area contributed by atoms with Crippen LogP contribution in [0.15, 0.2) is 0 Å². The number of esters is 1. The first kappa shape index (κ1) is 10.9. The molecular weight excluding hydrogens is 192 g/mol. The normalized spacial score (nSPS) is 37.1. The van der Waals surface area contributed by atoms with Gasteiger partial charge < -0.3 is 10.5 Å². The fourth-order valence-electron chi connectivity index (χ4n) is 3.01. The van der Waals surface area contributed by atoms with Gasteiger partial charge in [-0.2, -0.15) is 0 Å². The second kappa shape index (κ2) is 4.10. The zero-order valence-corrected chi connectivity index (χ0v) is 9.37. The van der Waals surface area contributed by atoms with Crippen LogP contribution in [-0.4, -0.2) is 42.6 Å². The van der Waals surface area contributed by atoms with Gasteiger partial charge in [-0.25, -0.2) is 0 Å². The van der Waals surface area contributed by atoms with Gasteiger partial charge in [-0.05, 0) is 38.8 Å². The molecule has 2 aliphatic heterocycles. The summed E-state index contributed by atoms with van der Waals surface area (Å²) in [5.74, 6) is -0.237. The summed E-state index contributed by atoms with van der Waals surface area (Å²) in [6.07, 6.45) is 5.21. The Morgan fingerprint density at radius 3 is 2.87 bits per heavy atom. The number of rotatable bonds is 1. The molecule has 0 radical (unpaired) electrons. The predicted octanol–water partition coefficient (Wildman–Crippen LogP) is 0.505. The van der Waals surface area contributed by atoms with Gasteiger partial charge in [0.1, 0.15) is 5.54 Å². The zero-order valence-electron chi connectivity index (χ0n) is 9.37. The fourth-order valence-corrected chi connectivity index (χ4v) is 3.01. The standard InChI is InChI=1S/C11H20N2O2/c1-15-10(14)11(12)6-4-8-13-7-3-2-5-9(11)13/h9H,2-8,12H2,1H3. The summed E-state index contributed by atoms with van der Waals surface area (Å²) < 4.78 is 4.85. The van der Waals surface area contributed by atoms with Crippen molar-refractivity contribution in [1.82, 2.24) is 4.90 Å². The van der Waals surface area contributed by atoms with Gasteiger partial charge in [0.2, 0.25) is 0 Å². The molecule has 2 atom stereocenters. The molecule has 2 saturated heterocycles. The van der Waals surface area contributed by atoms with Crippen LogP contribution in [0.5, 0.6) is 0 Å². The minimum Gasteiger partial charge on any atom is -0.468 e. The number of nitrogens with zero attached hydrogens (tertiary/aromatic N) is 1. The topological polar surface area (TPSA) is 55.6 Å².